The van der Waals surface area contributed by atoms with Crippen molar-refractivity contribution in [2.75, 3.05) is 18.4 Å². The minimum absolute atomic E-state index is 0.470. The lowest BCUT2D eigenvalue weighted by molar-refractivity contribution is 0.0572. The average Bonchev–Trinajstić information content (AvgIpc) is 3.67. The number of aliphatic imine (C=N–C) groups is 1. The second-order valence-electron chi connectivity index (χ2n) is 11.4. The molecule has 0 amide bonds. The summed E-state index contributed by atoms with van der Waals surface area (Å²) >= 11 is 0. The van der Waals surface area contributed by atoms with Crippen LogP contribution < -0.4 is 5.32 Å². The van der Waals surface area contributed by atoms with Crippen LogP contribution >= 0.6 is 0 Å². The first-order chi connectivity index (χ1) is 18.9. The zero-order valence-electron chi connectivity index (χ0n) is 23.3. The molecule has 4 heterocycles. The third kappa shape index (κ3) is 5.21. The van der Waals surface area contributed by atoms with E-state index < -0.39 is 12.2 Å². The minimum Gasteiger partial charge on any atom is -0.389 e. The molecule has 0 radical (unpaired) electrons. The molecular weight excluding hydrogens is 488 g/mol. The Bertz CT molecular complexity index is 1450. The van der Waals surface area contributed by atoms with Crippen molar-refractivity contribution in [3.8, 4) is 0 Å². The fourth-order valence-electron chi connectivity index (χ4n) is 6.37. The van der Waals surface area contributed by atoms with Crippen LogP contribution in [0.2, 0.25) is 0 Å². The summed E-state index contributed by atoms with van der Waals surface area (Å²) in [6.45, 7) is 5.76. The van der Waals surface area contributed by atoms with E-state index in [1.54, 1.807) is 0 Å². The van der Waals surface area contributed by atoms with Crippen molar-refractivity contribution in [2.45, 2.75) is 77.0 Å². The van der Waals surface area contributed by atoms with Crippen LogP contribution in [-0.4, -0.2) is 60.6 Å². The van der Waals surface area contributed by atoms with Gasteiger partial charge in [0.15, 0.2) is 5.84 Å². The quantitative estimate of drug-likeness (QED) is 0.427. The van der Waals surface area contributed by atoms with Gasteiger partial charge in [0.25, 0.3) is 0 Å². The number of benzene rings is 1. The SMILES string of the molecule is CCC1=C(Nc2ccc3c(c2)c(C2CCCC2)cn3C)N=C(n2cc(CN3CC(O)C(O)C3)c(C)n2)C=CC1. The number of likely N-dealkylation sites (tertiary alicyclic amines) is 1. The highest BCUT2D eigenvalue weighted by atomic mass is 16.3. The summed E-state index contributed by atoms with van der Waals surface area (Å²) in [5, 5.41) is 29.6. The smallest absolute Gasteiger partial charge is 0.155 e. The van der Waals surface area contributed by atoms with Crippen LogP contribution in [-0.2, 0) is 13.6 Å². The van der Waals surface area contributed by atoms with Crippen LogP contribution in [0.5, 0.6) is 0 Å². The van der Waals surface area contributed by atoms with Gasteiger partial charge in [0.2, 0.25) is 0 Å². The van der Waals surface area contributed by atoms with Crippen LogP contribution in [0, 0.1) is 6.92 Å². The molecule has 0 spiro atoms. The molecule has 3 aromatic rings. The van der Waals surface area contributed by atoms with E-state index in [0.29, 0.717) is 25.6 Å². The number of aliphatic hydroxyl groups excluding tert-OH is 2. The first-order valence-corrected chi connectivity index (χ1v) is 14.4. The van der Waals surface area contributed by atoms with Gasteiger partial charge in [-0.25, -0.2) is 9.67 Å². The number of fused-ring (bicyclic) bond motifs is 1. The van der Waals surface area contributed by atoms with Gasteiger partial charge in [-0.1, -0.05) is 25.8 Å². The maximum Gasteiger partial charge on any atom is 0.155 e. The molecule has 8 nitrogen and oxygen atoms in total. The van der Waals surface area contributed by atoms with Gasteiger partial charge in [0.1, 0.15) is 5.82 Å². The normalized spacial score (nSPS) is 22.7. The average molecular weight is 529 g/mol. The van der Waals surface area contributed by atoms with E-state index in [9.17, 15) is 10.2 Å². The Morgan fingerprint density at radius 2 is 1.85 bits per heavy atom. The number of hydrogen-bond acceptors (Lipinski definition) is 6. The second-order valence-corrected chi connectivity index (χ2v) is 11.4. The van der Waals surface area contributed by atoms with Crippen molar-refractivity contribution in [3.63, 3.8) is 0 Å². The number of aliphatic hydroxyl groups is 2. The van der Waals surface area contributed by atoms with Crippen LogP contribution in [0.4, 0.5) is 5.69 Å². The number of aryl methyl sites for hydroxylation is 2. The summed E-state index contributed by atoms with van der Waals surface area (Å²) in [5.41, 5.74) is 7.06. The molecule has 1 saturated heterocycles. The fraction of sp³-hybridized carbons (Fsp3) is 0.484. The maximum atomic E-state index is 9.93. The number of rotatable bonds is 6. The Morgan fingerprint density at radius 3 is 2.59 bits per heavy atom. The Morgan fingerprint density at radius 1 is 1.08 bits per heavy atom. The molecular formula is C31H40N6O2. The van der Waals surface area contributed by atoms with Crippen molar-refractivity contribution >= 4 is 22.4 Å². The summed E-state index contributed by atoms with van der Waals surface area (Å²) in [6.07, 6.45) is 14.1. The highest BCUT2D eigenvalue weighted by Crippen LogP contribution is 2.39. The molecule has 1 aliphatic carbocycles. The van der Waals surface area contributed by atoms with Gasteiger partial charge in [0, 0.05) is 61.2 Å². The number of hydrogen-bond donors (Lipinski definition) is 3. The lowest BCUT2D eigenvalue weighted by Gasteiger charge is -2.14. The molecule has 0 bridgehead atoms. The summed E-state index contributed by atoms with van der Waals surface area (Å²) in [6, 6.07) is 6.67. The third-order valence-corrected chi connectivity index (χ3v) is 8.66. The summed E-state index contributed by atoms with van der Waals surface area (Å²) in [4.78, 5) is 7.15. The highest BCUT2D eigenvalue weighted by molar-refractivity contribution is 5.96. The van der Waals surface area contributed by atoms with E-state index >= 15 is 0 Å². The zero-order chi connectivity index (χ0) is 27.1. The highest BCUT2D eigenvalue weighted by Gasteiger charge is 2.30. The lowest BCUT2D eigenvalue weighted by atomic mass is 9.97. The molecule has 1 saturated carbocycles. The number of allylic oxidation sites excluding steroid dienone is 3. The lowest BCUT2D eigenvalue weighted by Crippen LogP contribution is -2.22. The van der Waals surface area contributed by atoms with Crippen LogP contribution in [0.25, 0.3) is 10.9 Å². The number of anilines is 1. The predicted molar refractivity (Wildman–Crippen MR) is 156 cm³/mol. The van der Waals surface area contributed by atoms with Crippen LogP contribution in [0.15, 0.2) is 59.1 Å². The van der Waals surface area contributed by atoms with Crippen molar-refractivity contribution < 1.29 is 10.2 Å². The van der Waals surface area contributed by atoms with Gasteiger partial charge >= 0.3 is 0 Å². The van der Waals surface area contributed by atoms with Gasteiger partial charge < -0.3 is 20.1 Å². The van der Waals surface area contributed by atoms with Gasteiger partial charge in [0.05, 0.1) is 17.9 Å². The maximum absolute atomic E-state index is 9.93. The fourth-order valence-corrected chi connectivity index (χ4v) is 6.37. The molecule has 2 unspecified atom stereocenters. The Labute approximate surface area is 230 Å². The molecule has 8 heteroatoms. The molecule has 39 heavy (non-hydrogen) atoms. The van der Waals surface area contributed by atoms with Crippen molar-refractivity contribution in [2.24, 2.45) is 12.0 Å². The van der Waals surface area contributed by atoms with Crippen molar-refractivity contribution in [3.05, 3.63) is 71.0 Å². The predicted octanol–water partition coefficient (Wildman–Crippen LogP) is 4.82. The van der Waals surface area contributed by atoms with E-state index in [-0.39, 0.29) is 0 Å². The molecule has 2 fully saturated rings. The first-order valence-electron chi connectivity index (χ1n) is 14.4. The summed E-state index contributed by atoms with van der Waals surface area (Å²) in [7, 11) is 2.15. The second kappa shape index (κ2) is 10.8. The van der Waals surface area contributed by atoms with Gasteiger partial charge in [-0.05, 0) is 73.9 Å². The molecule has 2 atom stereocenters. The van der Waals surface area contributed by atoms with Gasteiger partial charge in [-0.3, -0.25) is 4.90 Å². The molecule has 2 aliphatic heterocycles. The number of β-amino-alcohol motifs (C(OH)–C–C–N with tert-alkyl or cyclic N) is 2. The van der Waals surface area contributed by atoms with Gasteiger partial charge in [-0.15, -0.1) is 0 Å². The Hall–Kier alpha value is -3.20. The zero-order valence-corrected chi connectivity index (χ0v) is 23.3. The van der Waals surface area contributed by atoms with Crippen LogP contribution in [0.1, 0.15) is 68.2 Å². The minimum atomic E-state index is -0.690. The van der Waals surface area contributed by atoms with Crippen molar-refractivity contribution in [1.29, 1.82) is 0 Å². The van der Waals surface area contributed by atoms with E-state index in [1.165, 1.54) is 47.7 Å². The monoisotopic (exact) mass is 528 g/mol. The number of aromatic nitrogens is 3. The van der Waals surface area contributed by atoms with Crippen LogP contribution in [0.3, 0.4) is 0 Å². The molecule has 3 N–H and O–H groups in total. The topological polar surface area (TPSA) is 90.8 Å². The van der Waals surface area contributed by atoms with E-state index in [1.807, 2.05) is 23.9 Å². The number of nitrogens with one attached hydrogen (secondary N) is 1. The Balaban J connectivity index is 1.28. The van der Waals surface area contributed by atoms with E-state index in [0.717, 1.165) is 41.4 Å². The van der Waals surface area contributed by atoms with E-state index in [4.69, 9.17) is 10.1 Å². The van der Waals surface area contributed by atoms with E-state index in [2.05, 4.69) is 59.2 Å². The first kappa shape index (κ1) is 26.0. The largest absolute Gasteiger partial charge is 0.389 e. The molecule has 2 aromatic heterocycles. The molecule has 206 valence electrons. The number of nitrogens with zero attached hydrogens (tertiary/aromatic N) is 5. The standard InChI is InChI=1S/C31H40N6O2/c1-4-21-10-7-11-30(37-16-23(20(2)34-37)15-36-18-28(38)29(39)19-36)33-31(21)32-24-12-13-27-25(14-24)26(17-35(27)3)22-8-5-6-9-22/h7,11-14,16-17,22,28-29,32,38-39H,4-6,8-10,15,18-19H2,1-3H3. The summed E-state index contributed by atoms with van der Waals surface area (Å²) < 4.78 is 4.11. The molecule has 6 rings (SSSR count). The molecule has 1 aromatic carbocycles. The van der Waals surface area contributed by atoms with Gasteiger partial charge in [-0.2, -0.15) is 5.10 Å². The van der Waals surface area contributed by atoms with Crippen molar-refractivity contribution in [1.82, 2.24) is 19.2 Å². The Kier molecular flexibility index (Phi) is 7.18. The molecule has 3 aliphatic rings. The summed E-state index contributed by atoms with van der Waals surface area (Å²) in [5.74, 6) is 2.31. The third-order valence-electron chi connectivity index (χ3n) is 8.66.